The van der Waals surface area contributed by atoms with Crippen LogP contribution in [0.2, 0.25) is 0 Å². The first kappa shape index (κ1) is 13.1. The molecule has 0 aliphatic carbocycles. The molecule has 0 atom stereocenters. The number of carboxylic acids is 1. The van der Waals surface area contributed by atoms with E-state index in [-0.39, 0.29) is 0 Å². The minimum atomic E-state index is -0.907. The fourth-order valence-corrected chi connectivity index (χ4v) is 1.86. The summed E-state index contributed by atoms with van der Waals surface area (Å²) in [5.74, 6) is -0.907. The van der Waals surface area contributed by atoms with Crippen molar-refractivity contribution in [3.63, 3.8) is 0 Å². The first-order valence-corrected chi connectivity index (χ1v) is 6.34. The summed E-state index contributed by atoms with van der Waals surface area (Å²) in [5.41, 5.74) is 3.61. The number of anilines is 1. The van der Waals surface area contributed by atoms with E-state index in [9.17, 15) is 4.79 Å². The Kier molecular flexibility index (Phi) is 4.18. The fraction of sp³-hybridized carbons (Fsp3) is 0.188. The first-order chi connectivity index (χ1) is 9.19. The summed E-state index contributed by atoms with van der Waals surface area (Å²) in [6.07, 6.45) is 1.04. The summed E-state index contributed by atoms with van der Waals surface area (Å²) < 4.78 is 0. The van der Waals surface area contributed by atoms with Crippen molar-refractivity contribution in [2.45, 2.75) is 19.9 Å². The number of hydrogen-bond acceptors (Lipinski definition) is 2. The molecular weight excluding hydrogens is 238 g/mol. The monoisotopic (exact) mass is 255 g/mol. The second kappa shape index (κ2) is 6.05. The van der Waals surface area contributed by atoms with Crippen LogP contribution < -0.4 is 5.32 Å². The van der Waals surface area contributed by atoms with Crippen molar-refractivity contribution in [2.24, 2.45) is 0 Å². The van der Waals surface area contributed by atoms with Crippen LogP contribution in [0.4, 0.5) is 5.69 Å². The van der Waals surface area contributed by atoms with Crippen molar-refractivity contribution >= 4 is 11.7 Å². The van der Waals surface area contributed by atoms with Crippen LogP contribution in [0.25, 0.3) is 0 Å². The predicted molar refractivity (Wildman–Crippen MR) is 76.5 cm³/mol. The maximum absolute atomic E-state index is 10.9. The molecule has 0 heterocycles. The molecule has 98 valence electrons. The van der Waals surface area contributed by atoms with Crippen molar-refractivity contribution in [1.29, 1.82) is 0 Å². The standard InChI is InChI=1S/C16H17NO2/c1-2-12-6-8-13(9-7-12)11-17-15-5-3-4-14(10-15)16(18)19/h3-10,17H,2,11H2,1H3,(H,18,19). The summed E-state index contributed by atoms with van der Waals surface area (Å²) in [4.78, 5) is 10.9. The van der Waals surface area contributed by atoms with E-state index in [2.05, 4.69) is 36.5 Å². The zero-order chi connectivity index (χ0) is 13.7. The molecule has 0 saturated heterocycles. The van der Waals surface area contributed by atoms with Crippen LogP contribution in [0.3, 0.4) is 0 Å². The topological polar surface area (TPSA) is 49.3 Å². The first-order valence-electron chi connectivity index (χ1n) is 6.34. The van der Waals surface area contributed by atoms with E-state index in [1.807, 2.05) is 6.07 Å². The Balaban J connectivity index is 2.01. The highest BCUT2D eigenvalue weighted by atomic mass is 16.4. The molecule has 2 N–H and O–H groups in total. The Morgan fingerprint density at radius 3 is 2.42 bits per heavy atom. The Labute approximate surface area is 112 Å². The van der Waals surface area contributed by atoms with Gasteiger partial charge in [0.25, 0.3) is 0 Å². The fourth-order valence-electron chi connectivity index (χ4n) is 1.86. The van der Waals surface area contributed by atoms with Gasteiger partial charge in [0.15, 0.2) is 0 Å². The summed E-state index contributed by atoms with van der Waals surface area (Å²) in [6.45, 7) is 2.82. The normalized spacial score (nSPS) is 10.2. The number of aryl methyl sites for hydroxylation is 1. The molecule has 0 bridgehead atoms. The van der Waals surface area contributed by atoms with Crippen LogP contribution in [0.5, 0.6) is 0 Å². The van der Waals surface area contributed by atoms with Gasteiger partial charge >= 0.3 is 5.97 Å². The summed E-state index contributed by atoms with van der Waals surface area (Å²) in [5, 5.41) is 12.2. The third kappa shape index (κ3) is 3.58. The lowest BCUT2D eigenvalue weighted by atomic mass is 10.1. The Hall–Kier alpha value is -2.29. The molecule has 0 amide bonds. The van der Waals surface area contributed by atoms with Gasteiger partial charge in [-0.2, -0.15) is 0 Å². The largest absolute Gasteiger partial charge is 0.478 e. The third-order valence-corrected chi connectivity index (χ3v) is 3.04. The number of aromatic carboxylic acids is 1. The van der Waals surface area contributed by atoms with Gasteiger partial charge < -0.3 is 10.4 Å². The summed E-state index contributed by atoms with van der Waals surface area (Å²) in [7, 11) is 0. The van der Waals surface area contributed by atoms with Gasteiger partial charge in [-0.25, -0.2) is 4.79 Å². The van der Waals surface area contributed by atoms with E-state index in [0.717, 1.165) is 12.1 Å². The van der Waals surface area contributed by atoms with Crippen LogP contribution in [-0.2, 0) is 13.0 Å². The number of rotatable bonds is 5. The Morgan fingerprint density at radius 2 is 1.79 bits per heavy atom. The van der Waals surface area contributed by atoms with Gasteiger partial charge in [0.05, 0.1) is 5.56 Å². The lowest BCUT2D eigenvalue weighted by molar-refractivity contribution is 0.0697. The SMILES string of the molecule is CCc1ccc(CNc2cccc(C(=O)O)c2)cc1. The molecule has 0 fully saturated rings. The van der Waals surface area contributed by atoms with E-state index < -0.39 is 5.97 Å². The van der Waals surface area contributed by atoms with E-state index in [1.165, 1.54) is 11.1 Å². The smallest absolute Gasteiger partial charge is 0.335 e. The lowest BCUT2D eigenvalue weighted by Gasteiger charge is -2.08. The van der Waals surface area contributed by atoms with Crippen molar-refractivity contribution in [1.82, 2.24) is 0 Å². The highest BCUT2D eigenvalue weighted by Gasteiger charge is 2.02. The Bertz CT molecular complexity index is 561. The average Bonchev–Trinajstić information content (AvgIpc) is 2.46. The maximum Gasteiger partial charge on any atom is 0.335 e. The minimum Gasteiger partial charge on any atom is -0.478 e. The van der Waals surface area contributed by atoms with Gasteiger partial charge in [-0.3, -0.25) is 0 Å². The molecule has 0 aliphatic rings. The molecular formula is C16H17NO2. The second-order valence-electron chi connectivity index (χ2n) is 4.41. The molecule has 0 unspecified atom stereocenters. The minimum absolute atomic E-state index is 0.298. The molecule has 0 aliphatic heterocycles. The van der Waals surface area contributed by atoms with Gasteiger partial charge in [0.1, 0.15) is 0 Å². The van der Waals surface area contributed by atoms with Crippen molar-refractivity contribution in [3.8, 4) is 0 Å². The van der Waals surface area contributed by atoms with Crippen molar-refractivity contribution in [2.75, 3.05) is 5.32 Å². The van der Waals surface area contributed by atoms with Crippen LogP contribution in [0.1, 0.15) is 28.4 Å². The quantitative estimate of drug-likeness (QED) is 0.858. The molecule has 0 aromatic heterocycles. The van der Waals surface area contributed by atoms with Crippen LogP contribution in [0.15, 0.2) is 48.5 Å². The molecule has 2 aromatic carbocycles. The van der Waals surface area contributed by atoms with Crippen LogP contribution in [-0.4, -0.2) is 11.1 Å². The van der Waals surface area contributed by atoms with E-state index >= 15 is 0 Å². The Morgan fingerprint density at radius 1 is 1.11 bits per heavy atom. The average molecular weight is 255 g/mol. The van der Waals surface area contributed by atoms with Crippen molar-refractivity contribution in [3.05, 3.63) is 65.2 Å². The predicted octanol–water partition coefficient (Wildman–Crippen LogP) is 3.56. The molecule has 2 aromatic rings. The van der Waals surface area contributed by atoms with Crippen LogP contribution in [0, 0.1) is 0 Å². The van der Waals surface area contributed by atoms with Gasteiger partial charge in [0, 0.05) is 12.2 Å². The van der Waals surface area contributed by atoms with Gasteiger partial charge in [0.2, 0.25) is 0 Å². The zero-order valence-electron chi connectivity index (χ0n) is 10.9. The summed E-state index contributed by atoms with van der Waals surface area (Å²) in [6, 6.07) is 15.3. The van der Waals surface area contributed by atoms with Gasteiger partial charge in [-0.15, -0.1) is 0 Å². The second-order valence-corrected chi connectivity index (χ2v) is 4.41. The molecule has 0 radical (unpaired) electrons. The molecule has 0 spiro atoms. The van der Waals surface area contributed by atoms with E-state index in [1.54, 1.807) is 18.2 Å². The summed E-state index contributed by atoms with van der Waals surface area (Å²) >= 11 is 0. The number of carbonyl (C=O) groups is 1. The highest BCUT2D eigenvalue weighted by Crippen LogP contribution is 2.13. The molecule has 19 heavy (non-hydrogen) atoms. The lowest BCUT2D eigenvalue weighted by Crippen LogP contribution is -2.02. The number of hydrogen-bond donors (Lipinski definition) is 2. The molecule has 3 nitrogen and oxygen atoms in total. The maximum atomic E-state index is 10.9. The third-order valence-electron chi connectivity index (χ3n) is 3.04. The van der Waals surface area contributed by atoms with E-state index in [0.29, 0.717) is 12.1 Å². The number of carboxylic acid groups (broad SMARTS) is 1. The number of nitrogens with one attached hydrogen (secondary N) is 1. The van der Waals surface area contributed by atoms with Crippen LogP contribution >= 0.6 is 0 Å². The molecule has 3 heteroatoms. The highest BCUT2D eigenvalue weighted by molar-refractivity contribution is 5.88. The number of benzene rings is 2. The van der Waals surface area contributed by atoms with Gasteiger partial charge in [-0.1, -0.05) is 37.3 Å². The zero-order valence-corrected chi connectivity index (χ0v) is 10.9. The van der Waals surface area contributed by atoms with E-state index in [4.69, 9.17) is 5.11 Å². The molecule has 2 rings (SSSR count). The van der Waals surface area contributed by atoms with Gasteiger partial charge in [-0.05, 0) is 35.7 Å². The molecule has 0 saturated carbocycles. The van der Waals surface area contributed by atoms with Crippen molar-refractivity contribution < 1.29 is 9.90 Å².